The van der Waals surface area contributed by atoms with E-state index in [1.165, 1.54) is 0 Å². The molecule has 0 saturated heterocycles. The van der Waals surface area contributed by atoms with Gasteiger partial charge in [0.15, 0.2) is 11.8 Å². The molecule has 0 spiro atoms. The Morgan fingerprint density at radius 3 is 2.50 bits per heavy atom. The zero-order valence-corrected chi connectivity index (χ0v) is 6.58. The van der Waals surface area contributed by atoms with Gasteiger partial charge in [-0.05, 0) is 16.0 Å². The second-order valence-corrected chi connectivity index (χ2v) is 2.39. The number of alkyl halides is 3. The molecule has 1 rings (SSSR count). The molecule has 1 aromatic rings. The number of nitro groups is 1. The van der Waals surface area contributed by atoms with Crippen LogP contribution in [0.15, 0.2) is 12.3 Å². The summed E-state index contributed by atoms with van der Waals surface area (Å²) in [6.07, 6.45) is -4.03. The van der Waals surface area contributed by atoms with E-state index in [0.717, 1.165) is 6.20 Å². The second kappa shape index (κ2) is 3.13. The molecule has 0 bridgehead atoms. The maximum atomic E-state index is 12.2. The maximum Gasteiger partial charge on any atom is 0.424 e. The summed E-state index contributed by atoms with van der Waals surface area (Å²) < 4.78 is 36.6. The molecule has 0 radical (unpaired) electrons. The van der Waals surface area contributed by atoms with Gasteiger partial charge in [-0.2, -0.15) is 13.2 Å². The highest BCUT2D eigenvalue weighted by atomic mass is 19.4. The van der Waals surface area contributed by atoms with Crippen LogP contribution in [0.25, 0.3) is 0 Å². The lowest BCUT2D eigenvalue weighted by Crippen LogP contribution is -2.11. The highest BCUT2D eigenvalue weighted by Gasteiger charge is 2.39. The molecule has 1 aromatic heterocycles. The molecule has 0 aliphatic rings. The molecule has 0 aromatic carbocycles. The highest BCUT2D eigenvalue weighted by Crippen LogP contribution is 2.35. The van der Waals surface area contributed by atoms with Crippen LogP contribution < -0.4 is 5.73 Å². The Morgan fingerprint density at radius 2 is 2.07 bits per heavy atom. The molecule has 76 valence electrons. The molecule has 0 saturated carbocycles. The minimum Gasteiger partial charge on any atom is -0.396 e. The Morgan fingerprint density at radius 1 is 1.50 bits per heavy atom. The van der Waals surface area contributed by atoms with Gasteiger partial charge in [0.25, 0.3) is 0 Å². The number of rotatable bonds is 1. The number of hydrogen-bond donors (Lipinski definition) is 1. The lowest BCUT2D eigenvalue weighted by molar-refractivity contribution is -0.392. The molecule has 0 fully saturated rings. The quantitative estimate of drug-likeness (QED) is 0.559. The van der Waals surface area contributed by atoms with Gasteiger partial charge in [0.1, 0.15) is 0 Å². The van der Waals surface area contributed by atoms with Crippen molar-refractivity contribution in [1.29, 1.82) is 0 Å². The van der Waals surface area contributed by atoms with Crippen LogP contribution in [-0.4, -0.2) is 9.91 Å². The molecule has 14 heavy (non-hydrogen) atoms. The van der Waals surface area contributed by atoms with Crippen molar-refractivity contribution < 1.29 is 18.1 Å². The van der Waals surface area contributed by atoms with Gasteiger partial charge in [0, 0.05) is 0 Å². The molecule has 5 nitrogen and oxygen atoms in total. The fourth-order valence-corrected chi connectivity index (χ4v) is 0.828. The van der Waals surface area contributed by atoms with E-state index in [-0.39, 0.29) is 5.69 Å². The number of nitrogens with zero attached hydrogens (tertiary/aromatic N) is 2. The van der Waals surface area contributed by atoms with Gasteiger partial charge in [-0.15, -0.1) is 0 Å². The number of hydrogen-bond acceptors (Lipinski definition) is 4. The van der Waals surface area contributed by atoms with Crippen LogP contribution in [0.2, 0.25) is 0 Å². The molecule has 0 aliphatic heterocycles. The largest absolute Gasteiger partial charge is 0.424 e. The van der Waals surface area contributed by atoms with Crippen molar-refractivity contribution in [3.8, 4) is 0 Å². The van der Waals surface area contributed by atoms with Gasteiger partial charge in [-0.3, -0.25) is 0 Å². The first-order valence-corrected chi connectivity index (χ1v) is 3.29. The topological polar surface area (TPSA) is 82.0 Å². The third-order valence-electron chi connectivity index (χ3n) is 1.37. The molecular formula is C6H4F3N3O2. The van der Waals surface area contributed by atoms with Crippen molar-refractivity contribution in [3.63, 3.8) is 0 Å². The average Bonchev–Trinajstić information content (AvgIpc) is 2.01. The fraction of sp³-hybridized carbons (Fsp3) is 0.167. The Kier molecular flexibility index (Phi) is 2.28. The Hall–Kier alpha value is -1.86. The molecule has 8 heteroatoms. The van der Waals surface area contributed by atoms with Gasteiger partial charge in [-0.1, -0.05) is 0 Å². The van der Waals surface area contributed by atoms with Crippen LogP contribution in [0.1, 0.15) is 5.56 Å². The first kappa shape index (κ1) is 10.2. The van der Waals surface area contributed by atoms with E-state index in [1.54, 1.807) is 0 Å². The van der Waals surface area contributed by atoms with Crippen molar-refractivity contribution in [3.05, 3.63) is 27.9 Å². The van der Waals surface area contributed by atoms with E-state index >= 15 is 0 Å². The van der Waals surface area contributed by atoms with E-state index in [2.05, 4.69) is 4.98 Å². The maximum absolute atomic E-state index is 12.2. The van der Waals surface area contributed by atoms with Gasteiger partial charge in [-0.25, -0.2) is 0 Å². The smallest absolute Gasteiger partial charge is 0.396 e. The molecular weight excluding hydrogens is 203 g/mol. The SMILES string of the molecule is Nc1cnc([N+](=O)[O-])c(C(F)(F)F)c1. The zero-order chi connectivity index (χ0) is 10.9. The summed E-state index contributed by atoms with van der Waals surface area (Å²) in [7, 11) is 0. The first-order chi connectivity index (χ1) is 6.32. The number of anilines is 1. The average molecular weight is 207 g/mol. The number of nitrogen functional groups attached to an aromatic ring is 1. The summed E-state index contributed by atoms with van der Waals surface area (Å²) in [6.45, 7) is 0. The van der Waals surface area contributed by atoms with Crippen LogP contribution in [0.5, 0.6) is 0 Å². The van der Waals surface area contributed by atoms with Gasteiger partial charge in [0.05, 0.1) is 5.69 Å². The summed E-state index contributed by atoms with van der Waals surface area (Å²) in [4.78, 5) is 12.0. The second-order valence-electron chi connectivity index (χ2n) is 2.39. The minimum absolute atomic E-state index is 0.275. The van der Waals surface area contributed by atoms with Crippen molar-refractivity contribution in [1.82, 2.24) is 4.98 Å². The molecule has 2 N–H and O–H groups in total. The first-order valence-electron chi connectivity index (χ1n) is 3.29. The number of nitrogens with two attached hydrogens (primary N) is 1. The summed E-state index contributed by atoms with van der Waals surface area (Å²) in [5.74, 6) is -1.24. The predicted molar refractivity (Wildman–Crippen MR) is 40.3 cm³/mol. The van der Waals surface area contributed by atoms with Crippen LogP contribution in [-0.2, 0) is 6.18 Å². The number of pyridine rings is 1. The monoisotopic (exact) mass is 207 g/mol. The number of aromatic nitrogens is 1. The molecule has 0 atom stereocenters. The van der Waals surface area contributed by atoms with Crippen LogP contribution in [0.3, 0.4) is 0 Å². The fourth-order valence-electron chi connectivity index (χ4n) is 0.828. The third-order valence-corrected chi connectivity index (χ3v) is 1.37. The van der Waals surface area contributed by atoms with Crippen LogP contribution >= 0.6 is 0 Å². The predicted octanol–water partition coefficient (Wildman–Crippen LogP) is 1.59. The van der Waals surface area contributed by atoms with E-state index < -0.39 is 22.5 Å². The van der Waals surface area contributed by atoms with E-state index in [0.29, 0.717) is 6.07 Å². The summed E-state index contributed by atoms with van der Waals surface area (Å²) in [5, 5.41) is 10.2. The van der Waals surface area contributed by atoms with Gasteiger partial charge < -0.3 is 15.8 Å². The summed E-state index contributed by atoms with van der Waals surface area (Å²) in [5.41, 5.74) is 3.32. The molecule has 1 heterocycles. The minimum atomic E-state index is -4.83. The lowest BCUT2D eigenvalue weighted by atomic mass is 10.2. The van der Waals surface area contributed by atoms with Gasteiger partial charge >= 0.3 is 12.0 Å². The molecule has 0 aliphatic carbocycles. The summed E-state index contributed by atoms with van der Waals surface area (Å²) in [6, 6.07) is 0.477. The van der Waals surface area contributed by atoms with Crippen molar-refractivity contribution in [2.45, 2.75) is 6.18 Å². The van der Waals surface area contributed by atoms with E-state index in [9.17, 15) is 23.3 Å². The lowest BCUT2D eigenvalue weighted by Gasteiger charge is -2.06. The van der Waals surface area contributed by atoms with Crippen molar-refractivity contribution in [2.24, 2.45) is 0 Å². The third kappa shape index (κ3) is 1.90. The standard InChI is InChI=1S/C6H4F3N3O2/c7-6(8,9)4-1-3(10)2-11-5(4)12(13)14/h1-2H,10H2. The van der Waals surface area contributed by atoms with Crippen molar-refractivity contribution >= 4 is 11.5 Å². The normalized spacial score (nSPS) is 11.4. The Bertz CT molecular complexity index is 377. The van der Waals surface area contributed by atoms with Gasteiger partial charge in [0.2, 0.25) is 0 Å². The Labute approximate surface area is 75.5 Å². The van der Waals surface area contributed by atoms with Crippen molar-refractivity contribution in [2.75, 3.05) is 5.73 Å². The van der Waals surface area contributed by atoms with Crippen LogP contribution in [0, 0.1) is 10.1 Å². The van der Waals surface area contributed by atoms with E-state index in [1.807, 2.05) is 0 Å². The highest BCUT2D eigenvalue weighted by molar-refractivity contribution is 5.46. The molecule has 0 unspecified atom stereocenters. The summed E-state index contributed by atoms with van der Waals surface area (Å²) >= 11 is 0. The zero-order valence-electron chi connectivity index (χ0n) is 6.58. The molecule has 0 amide bonds. The van der Waals surface area contributed by atoms with E-state index in [4.69, 9.17) is 5.73 Å². The number of halogens is 3. The Balaban J connectivity index is 3.38. The van der Waals surface area contributed by atoms with Crippen LogP contribution in [0.4, 0.5) is 24.7 Å².